The van der Waals surface area contributed by atoms with Gasteiger partial charge in [0.15, 0.2) is 0 Å². The predicted octanol–water partition coefficient (Wildman–Crippen LogP) is 2.21. The molecule has 1 aliphatic heterocycles. The van der Waals surface area contributed by atoms with Crippen LogP contribution in [0.5, 0.6) is 0 Å². The van der Waals surface area contributed by atoms with Crippen molar-refractivity contribution in [1.29, 1.82) is 0 Å². The topological polar surface area (TPSA) is 44.8 Å². The summed E-state index contributed by atoms with van der Waals surface area (Å²) in [7, 11) is -0.375. The van der Waals surface area contributed by atoms with E-state index in [9.17, 15) is 4.79 Å². The predicted molar refractivity (Wildman–Crippen MR) is 82.2 cm³/mol. The fourth-order valence-electron chi connectivity index (χ4n) is 1.96. The summed E-state index contributed by atoms with van der Waals surface area (Å²) in [6.07, 6.45) is 1.15. The summed E-state index contributed by atoms with van der Waals surface area (Å²) in [5.74, 6) is -0.426. The van der Waals surface area contributed by atoms with E-state index >= 15 is 0 Å². The summed E-state index contributed by atoms with van der Waals surface area (Å²) in [6, 6.07) is 7.66. The van der Waals surface area contributed by atoms with Gasteiger partial charge in [-0.2, -0.15) is 0 Å². The molecule has 0 aliphatic carbocycles. The molecular formula is C16H21BO4. The summed E-state index contributed by atoms with van der Waals surface area (Å²) in [6.45, 7) is 11.7. The van der Waals surface area contributed by atoms with Crippen LogP contribution in [0.2, 0.25) is 0 Å². The molecule has 0 atom stereocenters. The van der Waals surface area contributed by atoms with E-state index in [4.69, 9.17) is 14.0 Å². The Bertz CT molecular complexity index is 518. The van der Waals surface area contributed by atoms with Crippen molar-refractivity contribution in [2.45, 2.75) is 45.5 Å². The highest BCUT2D eigenvalue weighted by molar-refractivity contribution is 6.62. The van der Waals surface area contributed by atoms with E-state index in [-0.39, 0.29) is 24.9 Å². The highest BCUT2D eigenvalue weighted by atomic mass is 16.7. The number of hydrogen-bond acceptors (Lipinski definition) is 4. The zero-order chi connectivity index (χ0) is 15.7. The average Bonchev–Trinajstić information content (AvgIpc) is 2.65. The smallest absolute Gasteiger partial charge is 0.458 e. The van der Waals surface area contributed by atoms with Crippen molar-refractivity contribution in [3.05, 3.63) is 42.5 Å². The molecule has 2 rings (SSSR count). The molecule has 0 radical (unpaired) electrons. The molecule has 1 aromatic carbocycles. The first-order valence-electron chi connectivity index (χ1n) is 6.99. The highest BCUT2D eigenvalue weighted by Gasteiger charge is 2.51. The summed E-state index contributed by atoms with van der Waals surface area (Å²) >= 11 is 0. The lowest BCUT2D eigenvalue weighted by molar-refractivity contribution is -0.138. The Kier molecular flexibility index (Phi) is 4.26. The van der Waals surface area contributed by atoms with Gasteiger partial charge in [-0.05, 0) is 38.7 Å². The minimum atomic E-state index is -0.426. The summed E-state index contributed by atoms with van der Waals surface area (Å²) in [4.78, 5) is 11.0. The average molecular weight is 288 g/mol. The van der Waals surface area contributed by atoms with E-state index in [0.29, 0.717) is 0 Å². The van der Waals surface area contributed by atoms with Crippen LogP contribution in [0.3, 0.4) is 0 Å². The van der Waals surface area contributed by atoms with Gasteiger partial charge in [0.05, 0.1) is 11.2 Å². The standard InChI is InChI=1S/C16H21BO4/c1-6-14(18)19-11-12-7-9-13(10-8-12)17-20-15(2,3)16(4,5)21-17/h6-10H,1,11H2,2-5H3. The fourth-order valence-corrected chi connectivity index (χ4v) is 1.96. The Balaban J connectivity index is 2.03. The molecule has 0 aromatic heterocycles. The quantitative estimate of drug-likeness (QED) is 0.484. The Morgan fingerprint density at radius 3 is 2.19 bits per heavy atom. The number of ether oxygens (including phenoxy) is 1. The van der Waals surface area contributed by atoms with Crippen LogP contribution < -0.4 is 5.46 Å². The maximum absolute atomic E-state index is 11.0. The van der Waals surface area contributed by atoms with Crippen LogP contribution in [0.1, 0.15) is 33.3 Å². The van der Waals surface area contributed by atoms with Gasteiger partial charge in [-0.1, -0.05) is 30.8 Å². The van der Waals surface area contributed by atoms with Crippen LogP contribution >= 0.6 is 0 Å². The maximum atomic E-state index is 11.0. The number of benzene rings is 1. The van der Waals surface area contributed by atoms with E-state index in [1.165, 1.54) is 0 Å². The molecule has 4 nitrogen and oxygen atoms in total. The molecule has 1 aliphatic rings. The van der Waals surface area contributed by atoms with Crippen molar-refractivity contribution in [3.8, 4) is 0 Å². The van der Waals surface area contributed by atoms with Gasteiger partial charge in [-0.15, -0.1) is 0 Å². The third-order valence-electron chi connectivity index (χ3n) is 4.05. The number of hydrogen-bond donors (Lipinski definition) is 0. The minimum Gasteiger partial charge on any atom is -0.458 e. The Morgan fingerprint density at radius 2 is 1.71 bits per heavy atom. The van der Waals surface area contributed by atoms with E-state index in [2.05, 4.69) is 6.58 Å². The first kappa shape index (κ1) is 15.8. The van der Waals surface area contributed by atoms with Crippen LogP contribution in [0, 0.1) is 0 Å². The van der Waals surface area contributed by atoms with Crippen molar-refractivity contribution in [2.24, 2.45) is 0 Å². The zero-order valence-electron chi connectivity index (χ0n) is 13.0. The number of esters is 1. The number of carbonyl (C=O) groups is 1. The molecule has 0 bridgehead atoms. The first-order valence-corrected chi connectivity index (χ1v) is 6.99. The largest absolute Gasteiger partial charge is 0.494 e. The molecule has 0 amide bonds. The highest BCUT2D eigenvalue weighted by Crippen LogP contribution is 2.36. The fraction of sp³-hybridized carbons (Fsp3) is 0.438. The van der Waals surface area contributed by atoms with E-state index in [1.807, 2.05) is 52.0 Å². The lowest BCUT2D eigenvalue weighted by atomic mass is 9.79. The number of rotatable bonds is 4. The van der Waals surface area contributed by atoms with Crippen molar-refractivity contribution in [3.63, 3.8) is 0 Å². The van der Waals surface area contributed by atoms with E-state index in [0.717, 1.165) is 17.1 Å². The maximum Gasteiger partial charge on any atom is 0.494 e. The molecule has 5 heteroatoms. The van der Waals surface area contributed by atoms with Gasteiger partial charge in [-0.3, -0.25) is 0 Å². The van der Waals surface area contributed by atoms with Crippen molar-refractivity contribution in [2.75, 3.05) is 0 Å². The summed E-state index contributed by atoms with van der Waals surface area (Å²) in [5, 5.41) is 0. The molecule has 1 saturated heterocycles. The molecule has 0 saturated carbocycles. The molecule has 1 aromatic rings. The molecule has 0 N–H and O–H groups in total. The van der Waals surface area contributed by atoms with Gasteiger partial charge in [-0.25, -0.2) is 4.79 Å². The molecule has 21 heavy (non-hydrogen) atoms. The molecule has 1 fully saturated rings. The lowest BCUT2D eigenvalue weighted by Crippen LogP contribution is -2.41. The second kappa shape index (κ2) is 5.66. The number of carbonyl (C=O) groups excluding carboxylic acids is 1. The van der Waals surface area contributed by atoms with Crippen LogP contribution in [-0.4, -0.2) is 24.3 Å². The van der Waals surface area contributed by atoms with Crippen molar-refractivity contribution < 1.29 is 18.8 Å². The van der Waals surface area contributed by atoms with E-state index < -0.39 is 5.97 Å². The van der Waals surface area contributed by atoms with Gasteiger partial charge in [0.1, 0.15) is 6.61 Å². The summed E-state index contributed by atoms with van der Waals surface area (Å²) < 4.78 is 17.0. The van der Waals surface area contributed by atoms with Crippen LogP contribution in [0.4, 0.5) is 0 Å². The lowest BCUT2D eigenvalue weighted by Gasteiger charge is -2.32. The third-order valence-corrected chi connectivity index (χ3v) is 4.05. The minimum absolute atomic E-state index is 0.231. The molecule has 1 heterocycles. The third kappa shape index (κ3) is 3.36. The first-order chi connectivity index (χ1) is 9.75. The normalized spacial score (nSPS) is 19.3. The Morgan fingerprint density at radius 1 is 1.19 bits per heavy atom. The molecule has 112 valence electrons. The van der Waals surface area contributed by atoms with E-state index in [1.54, 1.807) is 0 Å². The Hall–Kier alpha value is -1.59. The second-order valence-corrected chi connectivity index (χ2v) is 6.14. The van der Waals surface area contributed by atoms with Gasteiger partial charge < -0.3 is 14.0 Å². The van der Waals surface area contributed by atoms with Crippen LogP contribution in [0.25, 0.3) is 0 Å². The summed E-state index contributed by atoms with van der Waals surface area (Å²) in [5.41, 5.74) is 1.16. The second-order valence-electron chi connectivity index (χ2n) is 6.14. The molecule has 0 unspecified atom stereocenters. The van der Waals surface area contributed by atoms with Gasteiger partial charge >= 0.3 is 13.1 Å². The zero-order valence-corrected chi connectivity index (χ0v) is 13.0. The van der Waals surface area contributed by atoms with Crippen molar-refractivity contribution in [1.82, 2.24) is 0 Å². The van der Waals surface area contributed by atoms with Gasteiger partial charge in [0.25, 0.3) is 0 Å². The Labute approximate surface area is 126 Å². The van der Waals surface area contributed by atoms with Crippen LogP contribution in [-0.2, 0) is 25.4 Å². The monoisotopic (exact) mass is 288 g/mol. The molecular weight excluding hydrogens is 267 g/mol. The van der Waals surface area contributed by atoms with Gasteiger partial charge in [0.2, 0.25) is 0 Å². The van der Waals surface area contributed by atoms with Crippen LogP contribution in [0.15, 0.2) is 36.9 Å². The SMILES string of the molecule is C=CC(=O)OCc1ccc(B2OC(C)(C)C(C)(C)O2)cc1. The van der Waals surface area contributed by atoms with Gasteiger partial charge in [0, 0.05) is 6.08 Å². The molecule has 0 spiro atoms. The van der Waals surface area contributed by atoms with Crippen molar-refractivity contribution >= 4 is 18.6 Å².